The van der Waals surface area contributed by atoms with Crippen LogP contribution in [0, 0.1) is 0 Å². The fourth-order valence-electron chi connectivity index (χ4n) is 0. The molecule has 0 heteroatoms. The average Bonchev–Trinajstić information content (AvgIpc) is 3.34. The monoisotopic (exact) mass is 721 g/mol. The largest absolute Gasteiger partial charge is 0.0683 e. The molecule has 0 unspecified atom stereocenters. The Morgan fingerprint density at radius 1 is 0.0417 bits per heavy atom. The van der Waals surface area contributed by atoms with Crippen LogP contribution in [-0.2, 0) is 0 Å². The Balaban J connectivity index is -0.00000000569. The van der Waals surface area contributed by atoms with Crippen LogP contribution >= 0.6 is 0 Å². The van der Waals surface area contributed by atoms with Crippen LogP contribution in [0.5, 0.6) is 0 Å². The van der Waals surface area contributed by atoms with Crippen LogP contribution < -0.4 is 0 Å². The highest BCUT2D eigenvalue weighted by Gasteiger charge is 0.978. The summed E-state index contributed by atoms with van der Waals surface area (Å²) in [5, 5.41) is 0. The van der Waals surface area contributed by atoms with Gasteiger partial charge in [0, 0.05) is 0 Å². The second kappa shape index (κ2) is 0. The molecule has 0 rings (SSSR count). The summed E-state index contributed by atoms with van der Waals surface area (Å²) in [5.41, 5.74) is 0. The third-order valence-electron chi connectivity index (χ3n) is 0. The van der Waals surface area contributed by atoms with Crippen molar-refractivity contribution < 1.29 is 0 Å². The van der Waals surface area contributed by atoms with E-state index in [1.165, 1.54) is 0 Å². The maximum Gasteiger partial charge on any atom is -0.0683 e. The molecule has 0 aliphatic carbocycles. The Morgan fingerprint density at radius 2 is 0.0417 bits per heavy atom. The first kappa shape index (κ1) is 184. The summed E-state index contributed by atoms with van der Waals surface area (Å²) in [7, 11) is 0. The molecule has 0 atom stereocenters. The topological polar surface area (TPSA) is 0 Å². The highest BCUT2D eigenvalue weighted by Crippen LogP contribution is 1.19. The number of rotatable bonds is 0. The third kappa shape index (κ3) is 0. The molecule has 0 aliphatic heterocycles. The van der Waals surface area contributed by atoms with Crippen LogP contribution in [0.1, 0.15) is 332 Å². The Bertz CT molecular complexity index is 0. The summed E-state index contributed by atoms with van der Waals surface area (Å²) in [6, 6.07) is 0. The standard InChI is InChI=1S/24C2H6/c24*1-2/h24*1-2H3. The van der Waals surface area contributed by atoms with E-state index < -0.39 is 0 Å². The number of hydrogen-bond donors (Lipinski definition) is 0. The van der Waals surface area contributed by atoms with Crippen molar-refractivity contribution in [1.29, 1.82) is 0 Å². The van der Waals surface area contributed by atoms with E-state index in [-0.39, 0.29) is 0 Å². The van der Waals surface area contributed by atoms with Crippen molar-refractivity contribution in [2.45, 2.75) is 332 Å². The van der Waals surface area contributed by atoms with E-state index in [4.69, 9.17) is 0 Å². The summed E-state index contributed by atoms with van der Waals surface area (Å²) in [6.07, 6.45) is 0. The van der Waals surface area contributed by atoms with Gasteiger partial charge in [0.05, 0.1) is 0 Å². The fraction of sp³-hybridized carbons (Fsp3) is 1.00. The minimum Gasteiger partial charge on any atom is -0.0683 e. The van der Waals surface area contributed by atoms with E-state index in [0.717, 1.165) is 0 Å². The molecular weight excluding hydrogens is 577 g/mol. The maximum absolute atomic E-state index is 2.00. The van der Waals surface area contributed by atoms with Crippen molar-refractivity contribution in [3.63, 3.8) is 0 Å². The molecule has 0 bridgehead atoms. The Hall–Kier alpha value is 0. The van der Waals surface area contributed by atoms with Crippen LogP contribution in [0.3, 0.4) is 0 Å². The normalized spacial score (nSPS) is 3.00. The van der Waals surface area contributed by atoms with Gasteiger partial charge in [-0.3, -0.25) is 0 Å². The predicted octanol–water partition coefficient (Wildman–Crippen LogP) is 24.6. The summed E-state index contributed by atoms with van der Waals surface area (Å²) >= 11 is 0. The second-order valence-corrected chi connectivity index (χ2v) is 0. The average molecular weight is 722 g/mol. The Kier molecular flexibility index (Phi) is 0. The van der Waals surface area contributed by atoms with E-state index in [0.29, 0.717) is 0 Å². The van der Waals surface area contributed by atoms with Gasteiger partial charge < -0.3 is 0 Å². The number of hydrogen-bond acceptors (Lipinski definition) is 0. The molecule has 336 valence electrons. The zero-order valence-corrected chi connectivity index (χ0v) is 48.0. The smallest absolute Gasteiger partial charge is 0.0683 e. The van der Waals surface area contributed by atoms with Crippen molar-refractivity contribution in [3.8, 4) is 0 Å². The van der Waals surface area contributed by atoms with Gasteiger partial charge in [-0.2, -0.15) is 0 Å². The molecule has 0 aromatic carbocycles. The van der Waals surface area contributed by atoms with Crippen LogP contribution in [0.2, 0.25) is 0 Å². The van der Waals surface area contributed by atoms with Crippen LogP contribution in [0.4, 0.5) is 0 Å². The van der Waals surface area contributed by atoms with Crippen molar-refractivity contribution in [3.05, 3.63) is 0 Å². The molecule has 0 aliphatic rings. The van der Waals surface area contributed by atoms with Gasteiger partial charge in [0.1, 0.15) is 0 Å². The minimum atomic E-state index is 2.00. The highest BCUT2D eigenvalue weighted by molar-refractivity contribution is 3.55. The van der Waals surface area contributed by atoms with Crippen molar-refractivity contribution in [2.75, 3.05) is 0 Å². The predicted molar refractivity (Wildman–Crippen MR) is 272 cm³/mol. The quantitative estimate of drug-likeness (QED) is 0.234. The lowest BCUT2D eigenvalue weighted by Crippen LogP contribution is -0.856. The summed E-state index contributed by atoms with van der Waals surface area (Å²) in [5.74, 6) is 0. The molecule has 0 aromatic heterocycles. The molecule has 0 radical (unpaired) electrons. The van der Waals surface area contributed by atoms with Gasteiger partial charge in [0.2, 0.25) is 0 Å². The van der Waals surface area contributed by atoms with Gasteiger partial charge in [-0.15, -0.1) is 0 Å². The lowest BCUT2D eigenvalue weighted by atomic mass is 11.0. The first-order valence-corrected chi connectivity index (χ1v) is 24.0. The van der Waals surface area contributed by atoms with Crippen LogP contribution in [0.25, 0.3) is 0 Å². The van der Waals surface area contributed by atoms with Crippen molar-refractivity contribution >= 4 is 0 Å². The van der Waals surface area contributed by atoms with E-state index in [1.807, 2.05) is 332 Å². The summed E-state index contributed by atoms with van der Waals surface area (Å²) in [4.78, 5) is 0. The molecule has 0 saturated carbocycles. The van der Waals surface area contributed by atoms with E-state index in [9.17, 15) is 0 Å². The third-order valence-corrected chi connectivity index (χ3v) is 0. The zero-order chi connectivity index (χ0) is 48.0. The lowest BCUT2D eigenvalue weighted by molar-refractivity contribution is 1.50. The maximum atomic E-state index is 2.00. The van der Waals surface area contributed by atoms with Gasteiger partial charge in [-0.25, -0.2) is 0 Å². The molecule has 0 aromatic rings. The Labute approximate surface area is 331 Å². The summed E-state index contributed by atoms with van der Waals surface area (Å²) < 4.78 is 0. The fourth-order valence-corrected chi connectivity index (χ4v) is 0. The molecule has 0 fully saturated rings. The molecule has 0 spiro atoms. The zero-order valence-electron chi connectivity index (χ0n) is 48.0. The van der Waals surface area contributed by atoms with E-state index in [2.05, 4.69) is 0 Å². The molecule has 0 amide bonds. The van der Waals surface area contributed by atoms with Crippen molar-refractivity contribution in [2.24, 2.45) is 0 Å². The van der Waals surface area contributed by atoms with E-state index in [1.54, 1.807) is 0 Å². The van der Waals surface area contributed by atoms with Crippen LogP contribution in [-0.4, -0.2) is 0 Å². The van der Waals surface area contributed by atoms with Crippen LogP contribution in [0.15, 0.2) is 0 Å². The van der Waals surface area contributed by atoms with Crippen molar-refractivity contribution in [1.82, 2.24) is 0 Å². The van der Waals surface area contributed by atoms with Gasteiger partial charge in [-0.1, -0.05) is 332 Å². The second-order valence-electron chi connectivity index (χ2n) is 0. The Morgan fingerprint density at radius 3 is 0.0417 bits per heavy atom. The van der Waals surface area contributed by atoms with Gasteiger partial charge in [-0.05, 0) is 0 Å². The SMILES string of the molecule is CC.CC.CC.CC.CC.CC.CC.CC.CC.CC.CC.CC.CC.CC.CC.CC.CC.CC.CC.CC.CC.CC.CC.CC. The van der Waals surface area contributed by atoms with Gasteiger partial charge in [0.15, 0.2) is 0 Å². The summed E-state index contributed by atoms with van der Waals surface area (Å²) in [6.45, 7) is 96.0. The minimum absolute atomic E-state index is 2.00. The van der Waals surface area contributed by atoms with Gasteiger partial charge in [0.25, 0.3) is 0 Å². The first-order chi connectivity index (χ1) is 24.0. The van der Waals surface area contributed by atoms with Gasteiger partial charge >= 0.3 is 0 Å². The van der Waals surface area contributed by atoms with E-state index >= 15 is 0 Å². The molecule has 0 heterocycles. The molecular formula is C48H144. The lowest BCUT2D eigenvalue weighted by Gasteiger charge is -1.07. The molecule has 0 N–H and O–H groups in total. The molecule has 0 saturated heterocycles. The highest BCUT2D eigenvalue weighted by atomic mass is 13.1. The molecule has 0 nitrogen and oxygen atoms in total. The molecule has 48 heavy (non-hydrogen) atoms. The first-order valence-electron chi connectivity index (χ1n) is 24.0.